The first-order valence-electron chi connectivity index (χ1n) is 9.71. The minimum atomic E-state index is -0.236. The molecule has 3 rings (SSSR count). The van der Waals surface area contributed by atoms with Gasteiger partial charge in [-0.1, -0.05) is 31.4 Å². The van der Waals surface area contributed by atoms with Gasteiger partial charge in [-0.15, -0.1) is 0 Å². The van der Waals surface area contributed by atoms with Gasteiger partial charge >= 0.3 is 6.03 Å². The number of hydrogen-bond acceptors (Lipinski definition) is 2. The molecule has 1 saturated heterocycles. The molecule has 0 spiro atoms. The molecule has 0 radical (unpaired) electrons. The molecule has 0 bridgehead atoms. The summed E-state index contributed by atoms with van der Waals surface area (Å²) in [6, 6.07) is 6.84. The van der Waals surface area contributed by atoms with Crippen LogP contribution in [0.2, 0.25) is 0 Å². The van der Waals surface area contributed by atoms with E-state index in [-0.39, 0.29) is 11.8 Å². The Hall–Kier alpha value is -1.62. The number of nitrogens with zero attached hydrogens (tertiary/aromatic N) is 1. The van der Waals surface area contributed by atoms with Gasteiger partial charge in [0.1, 0.15) is 5.82 Å². The zero-order chi connectivity index (χ0) is 17.5. The molecular formula is C20H30FN3O. The predicted octanol–water partition coefficient (Wildman–Crippen LogP) is 3.67. The summed E-state index contributed by atoms with van der Waals surface area (Å²) in [4.78, 5) is 14.8. The molecule has 2 aliphatic rings. The molecule has 1 aromatic carbocycles. The Morgan fingerprint density at radius 3 is 2.44 bits per heavy atom. The van der Waals surface area contributed by atoms with Gasteiger partial charge < -0.3 is 15.5 Å². The van der Waals surface area contributed by atoms with Crippen molar-refractivity contribution in [1.82, 2.24) is 15.5 Å². The average Bonchev–Trinajstić information content (AvgIpc) is 2.64. The van der Waals surface area contributed by atoms with Gasteiger partial charge in [0.15, 0.2) is 0 Å². The lowest BCUT2D eigenvalue weighted by molar-refractivity contribution is 0.170. The summed E-state index contributed by atoms with van der Waals surface area (Å²) >= 11 is 0. The molecule has 5 heteroatoms. The Balaban J connectivity index is 1.63. The van der Waals surface area contributed by atoms with Gasteiger partial charge in [-0.05, 0) is 62.4 Å². The molecule has 1 aromatic rings. The molecule has 0 atom stereocenters. The van der Waals surface area contributed by atoms with Crippen molar-refractivity contribution >= 4 is 6.03 Å². The van der Waals surface area contributed by atoms with E-state index < -0.39 is 0 Å². The third kappa shape index (κ3) is 5.70. The normalized spacial score (nSPS) is 19.6. The van der Waals surface area contributed by atoms with E-state index in [4.69, 9.17) is 0 Å². The molecule has 0 unspecified atom stereocenters. The second-order valence-corrected chi connectivity index (χ2v) is 7.48. The van der Waals surface area contributed by atoms with Crippen LogP contribution in [0.5, 0.6) is 0 Å². The predicted molar refractivity (Wildman–Crippen MR) is 97.8 cm³/mol. The van der Waals surface area contributed by atoms with Gasteiger partial charge in [-0.2, -0.15) is 0 Å². The summed E-state index contributed by atoms with van der Waals surface area (Å²) in [5.74, 6) is 0.305. The van der Waals surface area contributed by atoms with Crippen LogP contribution in [0, 0.1) is 11.7 Å². The highest BCUT2D eigenvalue weighted by atomic mass is 19.1. The monoisotopic (exact) mass is 347 g/mol. The Kier molecular flexibility index (Phi) is 6.68. The molecule has 1 saturated carbocycles. The molecule has 2 fully saturated rings. The highest BCUT2D eigenvalue weighted by molar-refractivity contribution is 5.74. The molecular weight excluding hydrogens is 317 g/mol. The third-order valence-corrected chi connectivity index (χ3v) is 5.44. The highest BCUT2D eigenvalue weighted by Crippen LogP contribution is 2.19. The van der Waals surface area contributed by atoms with Gasteiger partial charge in [-0.3, -0.25) is 0 Å². The van der Waals surface area contributed by atoms with E-state index in [2.05, 4.69) is 10.6 Å². The average molecular weight is 347 g/mol. The summed E-state index contributed by atoms with van der Waals surface area (Å²) in [7, 11) is 0. The van der Waals surface area contributed by atoms with Crippen LogP contribution in [-0.4, -0.2) is 36.6 Å². The van der Waals surface area contributed by atoms with Crippen LogP contribution in [0.4, 0.5) is 9.18 Å². The minimum absolute atomic E-state index is 0.0368. The number of benzene rings is 1. The quantitative estimate of drug-likeness (QED) is 0.853. The molecule has 1 aliphatic heterocycles. The maximum atomic E-state index is 13.2. The van der Waals surface area contributed by atoms with E-state index in [9.17, 15) is 9.18 Å². The van der Waals surface area contributed by atoms with Crippen LogP contribution in [0.15, 0.2) is 24.3 Å². The fourth-order valence-electron chi connectivity index (χ4n) is 3.92. The molecule has 2 N–H and O–H groups in total. The summed E-state index contributed by atoms with van der Waals surface area (Å²) in [6.07, 6.45) is 8.08. The first kappa shape index (κ1) is 18.2. The second kappa shape index (κ2) is 9.18. The number of rotatable bonds is 5. The smallest absolute Gasteiger partial charge is 0.317 e. The molecule has 4 nitrogen and oxygen atoms in total. The Morgan fingerprint density at radius 1 is 1.08 bits per heavy atom. The zero-order valence-corrected chi connectivity index (χ0v) is 15.0. The van der Waals surface area contributed by atoms with Crippen molar-refractivity contribution in [2.75, 3.05) is 19.6 Å². The van der Waals surface area contributed by atoms with Crippen molar-refractivity contribution in [1.29, 1.82) is 0 Å². The number of halogens is 1. The van der Waals surface area contributed by atoms with E-state index in [0.29, 0.717) is 18.5 Å². The van der Waals surface area contributed by atoms with Crippen molar-refractivity contribution in [3.05, 3.63) is 35.6 Å². The highest BCUT2D eigenvalue weighted by Gasteiger charge is 2.23. The maximum absolute atomic E-state index is 13.2. The number of amides is 2. The van der Waals surface area contributed by atoms with Crippen LogP contribution in [0.1, 0.15) is 50.5 Å². The first-order valence-corrected chi connectivity index (χ1v) is 9.71. The summed E-state index contributed by atoms with van der Waals surface area (Å²) in [5.41, 5.74) is 0.981. The van der Waals surface area contributed by atoms with E-state index in [1.807, 2.05) is 4.90 Å². The van der Waals surface area contributed by atoms with Gasteiger partial charge in [0.2, 0.25) is 0 Å². The number of carbonyl (C=O) groups is 1. The van der Waals surface area contributed by atoms with Crippen molar-refractivity contribution in [3.8, 4) is 0 Å². The number of nitrogens with one attached hydrogen (secondary N) is 2. The van der Waals surface area contributed by atoms with Crippen molar-refractivity contribution in [2.24, 2.45) is 5.92 Å². The summed E-state index contributed by atoms with van der Waals surface area (Å²) in [5, 5.41) is 6.62. The Morgan fingerprint density at radius 2 is 1.76 bits per heavy atom. The lowest BCUT2D eigenvalue weighted by Crippen LogP contribution is -2.47. The third-order valence-electron chi connectivity index (χ3n) is 5.44. The molecule has 1 heterocycles. The molecule has 138 valence electrons. The molecule has 25 heavy (non-hydrogen) atoms. The lowest BCUT2D eigenvalue weighted by atomic mass is 9.95. The minimum Gasteiger partial charge on any atom is -0.335 e. The Bertz CT molecular complexity index is 536. The Labute approximate surface area is 150 Å². The SMILES string of the molecule is O=C(NC1CCCCC1)N(Cc1ccc(F)cc1)CC1CCNCC1. The number of hydrogen-bond donors (Lipinski definition) is 2. The molecule has 2 amide bonds. The molecule has 1 aliphatic carbocycles. The fraction of sp³-hybridized carbons (Fsp3) is 0.650. The summed E-state index contributed by atoms with van der Waals surface area (Å²) in [6.45, 7) is 3.37. The number of urea groups is 1. The van der Waals surface area contributed by atoms with Crippen LogP contribution in [0.3, 0.4) is 0 Å². The van der Waals surface area contributed by atoms with Gasteiger partial charge in [0, 0.05) is 19.1 Å². The molecule has 0 aromatic heterocycles. The number of piperidine rings is 1. The van der Waals surface area contributed by atoms with E-state index in [1.165, 1.54) is 31.4 Å². The topological polar surface area (TPSA) is 44.4 Å². The van der Waals surface area contributed by atoms with Crippen molar-refractivity contribution in [3.63, 3.8) is 0 Å². The number of carbonyl (C=O) groups excluding carboxylic acids is 1. The van der Waals surface area contributed by atoms with Gasteiger partial charge in [0.25, 0.3) is 0 Å². The zero-order valence-electron chi connectivity index (χ0n) is 15.0. The van der Waals surface area contributed by atoms with Crippen LogP contribution < -0.4 is 10.6 Å². The van der Waals surface area contributed by atoms with Crippen LogP contribution >= 0.6 is 0 Å². The summed E-state index contributed by atoms with van der Waals surface area (Å²) < 4.78 is 13.2. The largest absolute Gasteiger partial charge is 0.335 e. The van der Waals surface area contributed by atoms with Crippen molar-refractivity contribution in [2.45, 2.75) is 57.5 Å². The standard InChI is InChI=1S/C20H30FN3O/c21-18-8-6-16(7-9-18)14-24(15-17-10-12-22-13-11-17)20(25)23-19-4-2-1-3-5-19/h6-9,17,19,22H,1-5,10-15H2,(H,23,25). The van der Waals surface area contributed by atoms with E-state index in [0.717, 1.165) is 50.9 Å². The van der Waals surface area contributed by atoms with Gasteiger partial charge in [0.05, 0.1) is 0 Å². The first-order chi connectivity index (χ1) is 12.2. The maximum Gasteiger partial charge on any atom is 0.317 e. The van der Waals surface area contributed by atoms with Gasteiger partial charge in [-0.25, -0.2) is 9.18 Å². The van der Waals surface area contributed by atoms with E-state index in [1.54, 1.807) is 12.1 Å². The van der Waals surface area contributed by atoms with Crippen molar-refractivity contribution < 1.29 is 9.18 Å². The lowest BCUT2D eigenvalue weighted by Gasteiger charge is -2.32. The van der Waals surface area contributed by atoms with E-state index >= 15 is 0 Å². The van der Waals surface area contributed by atoms with Crippen LogP contribution in [0.25, 0.3) is 0 Å². The second-order valence-electron chi connectivity index (χ2n) is 7.48. The fourth-order valence-corrected chi connectivity index (χ4v) is 3.92. The van der Waals surface area contributed by atoms with Crippen LogP contribution in [-0.2, 0) is 6.54 Å².